The van der Waals surface area contributed by atoms with Gasteiger partial charge in [0.1, 0.15) is 0 Å². The summed E-state index contributed by atoms with van der Waals surface area (Å²) in [6.45, 7) is -0.182. The standard InChI is InChI=1S/C19H19N3O5S/c1-21-11-14(13-5-3-4-6-15(13)21)17(23)10-20-28(25,26)12-7-8-18-16(9-12)22(2)19(24)27-18/h3-9,11,17,20,23H,10H2,1-2H3. The van der Waals surface area contributed by atoms with Crippen molar-refractivity contribution in [2.45, 2.75) is 11.0 Å². The molecule has 2 N–H and O–H groups in total. The highest BCUT2D eigenvalue weighted by Gasteiger charge is 2.20. The predicted molar refractivity (Wildman–Crippen MR) is 105 cm³/mol. The van der Waals surface area contributed by atoms with E-state index in [0.717, 1.165) is 10.9 Å². The minimum absolute atomic E-state index is 0.0125. The zero-order valence-corrected chi connectivity index (χ0v) is 16.1. The molecule has 0 radical (unpaired) electrons. The zero-order chi connectivity index (χ0) is 20.1. The number of nitrogens with zero attached hydrogens (tertiary/aromatic N) is 2. The van der Waals surface area contributed by atoms with E-state index < -0.39 is 21.9 Å². The number of aliphatic hydroxyl groups is 1. The topological polar surface area (TPSA) is 106 Å². The van der Waals surface area contributed by atoms with Gasteiger partial charge in [-0.1, -0.05) is 18.2 Å². The maximum atomic E-state index is 12.7. The Morgan fingerprint density at radius 2 is 1.89 bits per heavy atom. The minimum Gasteiger partial charge on any atom is -0.408 e. The smallest absolute Gasteiger partial charge is 0.408 e. The molecule has 2 heterocycles. The first kappa shape index (κ1) is 18.5. The largest absolute Gasteiger partial charge is 0.419 e. The van der Waals surface area contributed by atoms with Gasteiger partial charge in [0.2, 0.25) is 10.0 Å². The Kier molecular flexibility index (Phi) is 4.37. The third kappa shape index (κ3) is 3.03. The van der Waals surface area contributed by atoms with Gasteiger partial charge in [0.05, 0.1) is 16.5 Å². The summed E-state index contributed by atoms with van der Waals surface area (Å²) in [5.41, 5.74) is 2.28. The second-order valence-electron chi connectivity index (χ2n) is 6.64. The number of hydrogen-bond acceptors (Lipinski definition) is 5. The summed E-state index contributed by atoms with van der Waals surface area (Å²) < 4.78 is 35.9. The number of fused-ring (bicyclic) bond motifs is 2. The summed E-state index contributed by atoms with van der Waals surface area (Å²) in [6, 6.07) is 11.8. The van der Waals surface area contributed by atoms with Crippen LogP contribution in [0.25, 0.3) is 22.0 Å². The van der Waals surface area contributed by atoms with Gasteiger partial charge in [0.15, 0.2) is 5.58 Å². The third-order valence-electron chi connectivity index (χ3n) is 4.83. The summed E-state index contributed by atoms with van der Waals surface area (Å²) in [4.78, 5) is 11.6. The minimum atomic E-state index is -3.88. The highest BCUT2D eigenvalue weighted by atomic mass is 32.2. The lowest BCUT2D eigenvalue weighted by molar-refractivity contribution is 0.183. The first-order valence-corrected chi connectivity index (χ1v) is 10.1. The van der Waals surface area contributed by atoms with Crippen molar-refractivity contribution in [2.24, 2.45) is 14.1 Å². The number of hydrogen-bond donors (Lipinski definition) is 2. The Hall–Kier alpha value is -2.88. The van der Waals surface area contributed by atoms with Gasteiger partial charge in [-0.3, -0.25) is 4.57 Å². The van der Waals surface area contributed by atoms with E-state index in [1.165, 1.54) is 29.8 Å². The lowest BCUT2D eigenvalue weighted by Gasteiger charge is -2.12. The van der Waals surface area contributed by atoms with Gasteiger partial charge in [0, 0.05) is 43.3 Å². The van der Waals surface area contributed by atoms with E-state index in [1.807, 2.05) is 35.9 Å². The van der Waals surface area contributed by atoms with Crippen molar-refractivity contribution < 1.29 is 17.9 Å². The molecule has 0 fully saturated rings. The molecule has 4 aromatic rings. The average molecular weight is 401 g/mol. The molecule has 2 aromatic heterocycles. The molecular formula is C19H19N3O5S. The number of aromatic nitrogens is 2. The van der Waals surface area contributed by atoms with Gasteiger partial charge in [-0.2, -0.15) is 0 Å². The van der Waals surface area contributed by atoms with E-state index in [2.05, 4.69) is 4.72 Å². The summed E-state index contributed by atoms with van der Waals surface area (Å²) in [7, 11) is -0.512. The lowest BCUT2D eigenvalue weighted by atomic mass is 10.1. The molecule has 0 spiro atoms. The van der Waals surface area contributed by atoms with Crippen LogP contribution in [0, 0.1) is 0 Å². The van der Waals surface area contributed by atoms with Gasteiger partial charge in [0.25, 0.3) is 0 Å². The molecule has 0 aliphatic carbocycles. The number of oxazole rings is 1. The van der Waals surface area contributed by atoms with Crippen LogP contribution < -0.4 is 10.5 Å². The van der Waals surface area contributed by atoms with Crippen molar-refractivity contribution in [1.29, 1.82) is 0 Å². The Morgan fingerprint density at radius 3 is 2.68 bits per heavy atom. The highest BCUT2D eigenvalue weighted by Crippen LogP contribution is 2.26. The quantitative estimate of drug-likeness (QED) is 0.529. The van der Waals surface area contributed by atoms with E-state index in [9.17, 15) is 18.3 Å². The molecule has 1 unspecified atom stereocenters. The van der Waals surface area contributed by atoms with Crippen LogP contribution in [0.5, 0.6) is 0 Å². The lowest BCUT2D eigenvalue weighted by Crippen LogP contribution is -2.28. The molecular weight excluding hydrogens is 382 g/mol. The molecule has 1 atom stereocenters. The molecule has 0 aliphatic heterocycles. The Bertz CT molecular complexity index is 1350. The van der Waals surface area contributed by atoms with Crippen LogP contribution in [-0.2, 0) is 24.1 Å². The van der Waals surface area contributed by atoms with Crippen LogP contribution >= 0.6 is 0 Å². The van der Waals surface area contributed by atoms with Crippen molar-refractivity contribution >= 4 is 32.0 Å². The number of rotatable bonds is 5. The highest BCUT2D eigenvalue weighted by molar-refractivity contribution is 7.89. The van der Waals surface area contributed by atoms with Crippen LogP contribution in [0.4, 0.5) is 0 Å². The summed E-state index contributed by atoms with van der Waals surface area (Å²) >= 11 is 0. The van der Waals surface area contributed by atoms with E-state index >= 15 is 0 Å². The number of benzene rings is 2. The third-order valence-corrected chi connectivity index (χ3v) is 6.25. The Morgan fingerprint density at radius 1 is 1.14 bits per heavy atom. The van der Waals surface area contributed by atoms with Crippen LogP contribution in [0.1, 0.15) is 11.7 Å². The van der Waals surface area contributed by atoms with E-state index in [1.54, 1.807) is 6.20 Å². The molecule has 0 aliphatic rings. The summed E-state index contributed by atoms with van der Waals surface area (Å²) in [5.74, 6) is -0.566. The Labute approximate surface area is 160 Å². The van der Waals surface area contributed by atoms with Gasteiger partial charge in [-0.15, -0.1) is 0 Å². The molecule has 0 amide bonds. The fraction of sp³-hybridized carbons (Fsp3) is 0.211. The molecule has 2 aromatic carbocycles. The predicted octanol–water partition coefficient (Wildman–Crippen LogP) is 1.64. The normalized spacial score (nSPS) is 13.4. The number of aliphatic hydroxyl groups excluding tert-OH is 1. The molecule has 0 saturated heterocycles. The number of para-hydroxylation sites is 1. The van der Waals surface area contributed by atoms with E-state index in [4.69, 9.17) is 4.42 Å². The summed E-state index contributed by atoms with van der Waals surface area (Å²) in [6.07, 6.45) is 0.777. The van der Waals surface area contributed by atoms with Gasteiger partial charge in [-0.05, 0) is 24.3 Å². The molecule has 0 bridgehead atoms. The second-order valence-corrected chi connectivity index (χ2v) is 8.40. The number of aryl methyl sites for hydroxylation is 2. The van der Waals surface area contributed by atoms with Gasteiger partial charge < -0.3 is 14.1 Å². The van der Waals surface area contributed by atoms with E-state index in [-0.39, 0.29) is 11.4 Å². The maximum Gasteiger partial charge on any atom is 0.419 e. The average Bonchev–Trinajstić information content (AvgIpc) is 3.17. The number of sulfonamides is 1. The van der Waals surface area contributed by atoms with Crippen LogP contribution in [0.15, 0.2) is 62.8 Å². The molecule has 4 rings (SSSR count). The summed E-state index contributed by atoms with van der Waals surface area (Å²) in [5, 5.41) is 11.4. The molecule has 146 valence electrons. The zero-order valence-electron chi connectivity index (χ0n) is 15.3. The fourth-order valence-corrected chi connectivity index (χ4v) is 4.35. The fourth-order valence-electron chi connectivity index (χ4n) is 3.29. The van der Waals surface area contributed by atoms with Crippen LogP contribution in [-0.4, -0.2) is 29.2 Å². The maximum absolute atomic E-state index is 12.7. The molecule has 8 nitrogen and oxygen atoms in total. The van der Waals surface area contributed by atoms with Gasteiger partial charge in [-0.25, -0.2) is 17.9 Å². The van der Waals surface area contributed by atoms with Crippen molar-refractivity contribution in [1.82, 2.24) is 13.9 Å². The van der Waals surface area contributed by atoms with Crippen molar-refractivity contribution in [2.75, 3.05) is 6.54 Å². The first-order valence-electron chi connectivity index (χ1n) is 8.59. The molecule has 9 heteroatoms. The van der Waals surface area contributed by atoms with Crippen molar-refractivity contribution in [3.05, 3.63) is 64.8 Å². The molecule has 28 heavy (non-hydrogen) atoms. The van der Waals surface area contributed by atoms with Gasteiger partial charge >= 0.3 is 5.76 Å². The van der Waals surface area contributed by atoms with Crippen molar-refractivity contribution in [3.8, 4) is 0 Å². The Balaban J connectivity index is 1.59. The van der Waals surface area contributed by atoms with Crippen LogP contribution in [0.3, 0.4) is 0 Å². The van der Waals surface area contributed by atoms with Crippen molar-refractivity contribution in [3.63, 3.8) is 0 Å². The monoisotopic (exact) mass is 401 g/mol. The SMILES string of the molecule is Cn1cc(C(O)CNS(=O)(=O)c2ccc3oc(=O)n(C)c3c2)c2ccccc21. The molecule has 0 saturated carbocycles. The second kappa shape index (κ2) is 6.62. The number of nitrogens with one attached hydrogen (secondary N) is 1. The van der Waals surface area contributed by atoms with E-state index in [0.29, 0.717) is 16.7 Å². The van der Waals surface area contributed by atoms with Crippen LogP contribution in [0.2, 0.25) is 0 Å². The first-order chi connectivity index (χ1) is 13.3.